The molecule has 0 unspecified atom stereocenters. The highest BCUT2D eigenvalue weighted by Crippen LogP contribution is 2.07. The first kappa shape index (κ1) is 21.1. The van der Waals surface area contributed by atoms with Crippen LogP contribution in [0.5, 0.6) is 0 Å². The van der Waals surface area contributed by atoms with Gasteiger partial charge in [-0.3, -0.25) is 9.59 Å². The van der Waals surface area contributed by atoms with E-state index in [2.05, 4.69) is 18.8 Å². The smallest absolute Gasteiger partial charge is 0.334 e. The topological polar surface area (TPSA) is 81.7 Å². The zero-order valence-corrected chi connectivity index (χ0v) is 14.3. The monoisotopic (exact) mass is 327 g/mol. The van der Waals surface area contributed by atoms with E-state index in [4.69, 9.17) is 9.47 Å². The molecular weight excluding hydrogens is 298 g/mol. The van der Waals surface area contributed by atoms with E-state index in [1.165, 1.54) is 26.3 Å². The van der Waals surface area contributed by atoms with Gasteiger partial charge in [-0.2, -0.15) is 0 Å². The number of hydrogen-bond acceptors (Lipinski definition) is 5. The van der Waals surface area contributed by atoms with Crippen LogP contribution in [0.25, 0.3) is 0 Å². The average Bonchev–Trinajstić information content (AvgIpc) is 2.53. The van der Waals surface area contributed by atoms with Crippen LogP contribution in [0.1, 0.15) is 58.3 Å². The summed E-state index contributed by atoms with van der Waals surface area (Å²) in [7, 11) is 1.50. The summed E-state index contributed by atoms with van der Waals surface area (Å²) in [5.74, 6) is -1.38. The third-order valence-electron chi connectivity index (χ3n) is 3.25. The zero-order valence-electron chi connectivity index (χ0n) is 14.3. The van der Waals surface area contributed by atoms with Crippen molar-refractivity contribution in [3.05, 3.63) is 12.2 Å². The molecule has 0 heterocycles. The molecule has 0 radical (unpaired) electrons. The van der Waals surface area contributed by atoms with E-state index in [0.717, 1.165) is 19.3 Å². The molecule has 0 aliphatic heterocycles. The number of carbonyl (C=O) groups is 3. The third kappa shape index (κ3) is 12.4. The highest BCUT2D eigenvalue weighted by molar-refractivity contribution is 5.93. The second-order valence-corrected chi connectivity index (χ2v) is 5.33. The summed E-state index contributed by atoms with van der Waals surface area (Å²) in [6, 6.07) is 0. The maximum atomic E-state index is 11.6. The molecule has 6 nitrogen and oxygen atoms in total. The number of ether oxygens (including phenoxy) is 2. The maximum Gasteiger partial charge on any atom is 0.334 e. The molecule has 0 aliphatic carbocycles. The minimum absolute atomic E-state index is 0.0369. The fourth-order valence-electron chi connectivity index (χ4n) is 1.83. The van der Waals surface area contributed by atoms with Crippen molar-refractivity contribution >= 4 is 17.8 Å². The normalized spacial score (nSPS) is 10.0. The first-order chi connectivity index (χ1) is 11.0. The Balaban J connectivity index is 3.69. The Morgan fingerprint density at radius 2 is 1.61 bits per heavy atom. The van der Waals surface area contributed by atoms with Gasteiger partial charge in [-0.1, -0.05) is 45.6 Å². The predicted molar refractivity (Wildman–Crippen MR) is 87.7 cm³/mol. The van der Waals surface area contributed by atoms with E-state index in [0.29, 0.717) is 6.61 Å². The highest BCUT2D eigenvalue weighted by Gasteiger charge is 2.14. The molecule has 0 aromatic carbocycles. The van der Waals surface area contributed by atoms with Crippen LogP contribution in [0.15, 0.2) is 12.2 Å². The number of rotatable bonds is 13. The quantitative estimate of drug-likeness (QED) is 0.319. The Bertz CT molecular complexity index is 392. The van der Waals surface area contributed by atoms with Crippen molar-refractivity contribution < 1.29 is 23.9 Å². The van der Waals surface area contributed by atoms with Crippen molar-refractivity contribution in [3.8, 4) is 0 Å². The number of esters is 2. The van der Waals surface area contributed by atoms with E-state index in [-0.39, 0.29) is 30.9 Å². The molecular formula is C17H29NO5. The maximum absolute atomic E-state index is 11.6. The summed E-state index contributed by atoms with van der Waals surface area (Å²) < 4.78 is 9.91. The van der Waals surface area contributed by atoms with Gasteiger partial charge >= 0.3 is 11.9 Å². The van der Waals surface area contributed by atoms with Gasteiger partial charge in [0.25, 0.3) is 0 Å². The summed E-state index contributed by atoms with van der Waals surface area (Å²) >= 11 is 0. The van der Waals surface area contributed by atoms with E-state index in [1.54, 1.807) is 0 Å². The molecule has 0 spiro atoms. The molecule has 1 amide bonds. The van der Waals surface area contributed by atoms with Crippen LogP contribution in [0.3, 0.4) is 0 Å². The van der Waals surface area contributed by atoms with Gasteiger partial charge in [-0.15, -0.1) is 0 Å². The van der Waals surface area contributed by atoms with Gasteiger partial charge in [0.1, 0.15) is 6.61 Å². The van der Waals surface area contributed by atoms with Crippen molar-refractivity contribution in [1.82, 2.24) is 5.32 Å². The van der Waals surface area contributed by atoms with Crippen molar-refractivity contribution in [2.24, 2.45) is 0 Å². The molecule has 0 fully saturated rings. The molecule has 132 valence electrons. The van der Waals surface area contributed by atoms with Gasteiger partial charge in [-0.05, 0) is 6.42 Å². The summed E-state index contributed by atoms with van der Waals surface area (Å²) in [5, 5.41) is 2.42. The molecule has 0 aliphatic rings. The molecule has 1 N–H and O–H groups in total. The molecule has 0 aromatic rings. The zero-order chi connectivity index (χ0) is 17.5. The van der Waals surface area contributed by atoms with Crippen LogP contribution in [0.4, 0.5) is 0 Å². The largest absolute Gasteiger partial charge is 0.465 e. The van der Waals surface area contributed by atoms with E-state index in [9.17, 15) is 14.4 Å². The lowest BCUT2D eigenvalue weighted by Crippen LogP contribution is -2.21. The lowest BCUT2D eigenvalue weighted by Gasteiger charge is -2.07. The van der Waals surface area contributed by atoms with Gasteiger partial charge < -0.3 is 14.8 Å². The fraction of sp³-hybridized carbons (Fsp3) is 0.706. The average molecular weight is 327 g/mol. The molecule has 0 bridgehead atoms. The molecule has 0 saturated heterocycles. The molecule has 23 heavy (non-hydrogen) atoms. The minimum Gasteiger partial charge on any atom is -0.465 e. The Kier molecular flexibility index (Phi) is 12.7. The third-order valence-corrected chi connectivity index (χ3v) is 3.25. The SMILES string of the molecule is C=C(CC(=O)OCCCCCCCC)C(=O)OCCC(=O)NC. The van der Waals surface area contributed by atoms with E-state index >= 15 is 0 Å². The second kappa shape index (κ2) is 13.8. The number of unbranched alkanes of at least 4 members (excludes halogenated alkanes) is 5. The Hall–Kier alpha value is -1.85. The van der Waals surface area contributed by atoms with Crippen molar-refractivity contribution in [1.29, 1.82) is 0 Å². The second-order valence-electron chi connectivity index (χ2n) is 5.33. The molecule has 6 heteroatoms. The first-order valence-corrected chi connectivity index (χ1v) is 8.22. The van der Waals surface area contributed by atoms with Crippen molar-refractivity contribution in [2.75, 3.05) is 20.3 Å². The molecule has 0 saturated carbocycles. The summed E-state index contributed by atoms with van der Waals surface area (Å²) in [4.78, 5) is 34.1. The number of nitrogens with one attached hydrogen (secondary N) is 1. The van der Waals surface area contributed by atoms with E-state index < -0.39 is 11.9 Å². The number of amides is 1. The first-order valence-electron chi connectivity index (χ1n) is 8.22. The van der Waals surface area contributed by atoms with Crippen LogP contribution in [0.2, 0.25) is 0 Å². The van der Waals surface area contributed by atoms with Gasteiger partial charge in [0.15, 0.2) is 0 Å². The Morgan fingerprint density at radius 1 is 0.957 bits per heavy atom. The lowest BCUT2D eigenvalue weighted by atomic mass is 10.1. The van der Waals surface area contributed by atoms with E-state index in [1.807, 2.05) is 0 Å². The van der Waals surface area contributed by atoms with Crippen LogP contribution in [-0.4, -0.2) is 38.1 Å². The minimum atomic E-state index is -0.676. The number of hydrogen-bond donors (Lipinski definition) is 1. The Labute approximate surface area is 138 Å². The lowest BCUT2D eigenvalue weighted by molar-refractivity contribution is -0.146. The molecule has 0 rings (SSSR count). The predicted octanol–water partition coefficient (Wildman–Crippen LogP) is 2.52. The van der Waals surface area contributed by atoms with Crippen LogP contribution in [0, 0.1) is 0 Å². The van der Waals surface area contributed by atoms with Crippen LogP contribution >= 0.6 is 0 Å². The fourth-order valence-corrected chi connectivity index (χ4v) is 1.83. The summed E-state index contributed by atoms with van der Waals surface area (Å²) in [5.41, 5.74) is 0.0369. The standard InChI is InChI=1S/C17H29NO5/c1-4-5-6-7-8-9-11-22-16(20)13-14(2)17(21)23-12-10-15(19)18-3/h2,4-13H2,1,3H3,(H,18,19). The van der Waals surface area contributed by atoms with Gasteiger partial charge in [0.05, 0.1) is 19.4 Å². The van der Waals surface area contributed by atoms with Crippen molar-refractivity contribution in [3.63, 3.8) is 0 Å². The number of carbonyl (C=O) groups excluding carboxylic acids is 3. The summed E-state index contributed by atoms with van der Waals surface area (Å²) in [6.07, 6.45) is 6.57. The van der Waals surface area contributed by atoms with Crippen LogP contribution < -0.4 is 5.32 Å². The molecule has 0 aromatic heterocycles. The van der Waals surface area contributed by atoms with Crippen molar-refractivity contribution in [2.45, 2.75) is 58.3 Å². The highest BCUT2D eigenvalue weighted by atomic mass is 16.5. The van der Waals surface area contributed by atoms with Gasteiger partial charge in [-0.25, -0.2) is 4.79 Å². The Morgan fingerprint density at radius 3 is 2.26 bits per heavy atom. The summed E-state index contributed by atoms with van der Waals surface area (Å²) in [6.45, 7) is 6.01. The van der Waals surface area contributed by atoms with Crippen LogP contribution in [-0.2, 0) is 23.9 Å². The van der Waals surface area contributed by atoms with Gasteiger partial charge in [0, 0.05) is 12.6 Å². The molecule has 0 atom stereocenters. The van der Waals surface area contributed by atoms with Gasteiger partial charge in [0.2, 0.25) is 5.91 Å².